The van der Waals surface area contributed by atoms with Crippen molar-refractivity contribution < 1.29 is 14.4 Å². The van der Waals surface area contributed by atoms with Crippen LogP contribution in [0.2, 0.25) is 0 Å². The van der Waals surface area contributed by atoms with Crippen molar-refractivity contribution in [3.05, 3.63) is 86.1 Å². The molecule has 12 heteroatoms. The van der Waals surface area contributed by atoms with E-state index in [4.69, 9.17) is 5.10 Å². The van der Waals surface area contributed by atoms with Gasteiger partial charge in [-0.1, -0.05) is 12.1 Å². The van der Waals surface area contributed by atoms with Gasteiger partial charge in [0.05, 0.1) is 24.1 Å². The second-order valence-electron chi connectivity index (χ2n) is 13.7. The number of aromatic amines is 1. The molecule has 1 aliphatic carbocycles. The van der Waals surface area contributed by atoms with Crippen LogP contribution in [0.1, 0.15) is 94.9 Å². The quantitative estimate of drug-likeness (QED) is 0.361. The molecule has 3 amide bonds. The SMILES string of the molecule is CC(C)n1nc(C2(C[C@H](C)NCC(=O)N3CCCC3C#N)c3ccc(C(=O)N(C)C)cc3CCc3cc(C(=O)N(C)C)ccc32)[nH]c1=O. The summed E-state index contributed by atoms with van der Waals surface area (Å²) in [5, 5.41) is 17.9. The van der Waals surface area contributed by atoms with Crippen molar-refractivity contribution in [1.29, 1.82) is 5.26 Å². The number of nitriles is 1. The van der Waals surface area contributed by atoms with Crippen LogP contribution in [0, 0.1) is 11.3 Å². The minimum Gasteiger partial charge on any atom is -0.345 e. The van der Waals surface area contributed by atoms with Crippen molar-refractivity contribution in [3.63, 3.8) is 0 Å². The van der Waals surface area contributed by atoms with Gasteiger partial charge in [0.1, 0.15) is 11.9 Å². The Labute approximate surface area is 281 Å². The largest absolute Gasteiger partial charge is 0.345 e. The minimum atomic E-state index is -1.02. The number of hydrogen-bond acceptors (Lipinski definition) is 7. The maximum Gasteiger partial charge on any atom is 0.343 e. The normalized spacial score (nSPS) is 17.2. The highest BCUT2D eigenvalue weighted by molar-refractivity contribution is 5.95. The number of aryl methyl sites for hydroxylation is 2. The lowest BCUT2D eigenvalue weighted by Gasteiger charge is -2.37. The molecule has 2 aliphatic rings. The van der Waals surface area contributed by atoms with Crippen LogP contribution in [0.3, 0.4) is 0 Å². The lowest BCUT2D eigenvalue weighted by atomic mass is 9.67. The molecule has 0 saturated carbocycles. The summed E-state index contributed by atoms with van der Waals surface area (Å²) in [5.74, 6) is 0.0890. The topological polar surface area (TPSA) is 147 Å². The molecular weight excluding hydrogens is 608 g/mol. The maximum absolute atomic E-state index is 13.4. The summed E-state index contributed by atoms with van der Waals surface area (Å²) >= 11 is 0. The summed E-state index contributed by atoms with van der Waals surface area (Å²) in [6.07, 6.45) is 3.07. The van der Waals surface area contributed by atoms with E-state index in [9.17, 15) is 24.4 Å². The third-order valence-corrected chi connectivity index (χ3v) is 9.57. The molecule has 3 aromatic rings. The van der Waals surface area contributed by atoms with E-state index in [1.54, 1.807) is 42.9 Å². The highest BCUT2D eigenvalue weighted by Crippen LogP contribution is 2.47. The Balaban J connectivity index is 1.69. The van der Waals surface area contributed by atoms with Crippen LogP contribution in [0.4, 0.5) is 0 Å². The van der Waals surface area contributed by atoms with Gasteiger partial charge in [0.25, 0.3) is 11.8 Å². The van der Waals surface area contributed by atoms with Gasteiger partial charge in [0.15, 0.2) is 0 Å². The lowest BCUT2D eigenvalue weighted by molar-refractivity contribution is -0.130. The molecule has 48 heavy (non-hydrogen) atoms. The molecule has 12 nitrogen and oxygen atoms in total. The molecule has 1 aromatic heterocycles. The molecule has 2 atom stereocenters. The highest BCUT2D eigenvalue weighted by Gasteiger charge is 2.46. The van der Waals surface area contributed by atoms with E-state index in [0.717, 1.165) is 28.7 Å². The number of amides is 3. The number of carbonyl (C=O) groups excluding carboxylic acids is 3. The van der Waals surface area contributed by atoms with Gasteiger partial charge in [-0.2, -0.15) is 10.4 Å². The summed E-state index contributed by atoms with van der Waals surface area (Å²) in [7, 11) is 6.87. The number of nitrogens with zero attached hydrogens (tertiary/aromatic N) is 6. The van der Waals surface area contributed by atoms with Crippen LogP contribution < -0.4 is 11.0 Å². The second-order valence-corrected chi connectivity index (χ2v) is 13.7. The van der Waals surface area contributed by atoms with Crippen LogP contribution in [0.15, 0.2) is 41.2 Å². The van der Waals surface area contributed by atoms with Crippen LogP contribution in [0.25, 0.3) is 0 Å². The third-order valence-electron chi connectivity index (χ3n) is 9.57. The molecule has 2 N–H and O–H groups in total. The van der Waals surface area contributed by atoms with E-state index in [1.165, 1.54) is 4.68 Å². The van der Waals surface area contributed by atoms with E-state index < -0.39 is 11.5 Å². The van der Waals surface area contributed by atoms with Gasteiger partial charge in [-0.15, -0.1) is 0 Å². The first-order chi connectivity index (χ1) is 22.8. The molecule has 0 spiro atoms. The van der Waals surface area contributed by atoms with Crippen LogP contribution >= 0.6 is 0 Å². The second kappa shape index (κ2) is 13.8. The molecule has 1 saturated heterocycles. The first-order valence-electron chi connectivity index (χ1n) is 16.6. The Bertz CT molecular complexity index is 1740. The number of rotatable bonds is 9. The molecule has 1 aliphatic heterocycles. The molecule has 5 rings (SSSR count). The number of H-pyrrole nitrogens is 1. The van der Waals surface area contributed by atoms with Crippen LogP contribution in [-0.2, 0) is 23.1 Å². The van der Waals surface area contributed by atoms with E-state index in [0.29, 0.717) is 49.2 Å². The summed E-state index contributed by atoms with van der Waals surface area (Å²) in [6.45, 7) is 6.41. The first-order valence-corrected chi connectivity index (χ1v) is 16.6. The molecule has 2 heterocycles. The van der Waals surface area contributed by atoms with Gasteiger partial charge in [-0.25, -0.2) is 9.48 Å². The van der Waals surface area contributed by atoms with Gasteiger partial charge in [0.2, 0.25) is 5.91 Å². The number of likely N-dealkylation sites (tertiary alicyclic amines) is 1. The summed E-state index contributed by atoms with van der Waals surface area (Å²) < 4.78 is 1.44. The summed E-state index contributed by atoms with van der Waals surface area (Å²) in [4.78, 5) is 60.6. The van der Waals surface area contributed by atoms with E-state index in [2.05, 4.69) is 16.4 Å². The van der Waals surface area contributed by atoms with E-state index in [1.807, 2.05) is 57.2 Å². The number of hydrogen-bond donors (Lipinski definition) is 2. The van der Waals surface area contributed by atoms with Crippen molar-refractivity contribution >= 4 is 17.7 Å². The summed E-state index contributed by atoms with van der Waals surface area (Å²) in [5.41, 5.74) is 3.44. The Kier molecular flexibility index (Phi) is 9.91. The van der Waals surface area contributed by atoms with Gasteiger partial charge < -0.3 is 20.0 Å². The Hall–Kier alpha value is -4.76. The molecular formula is C36H46N8O4. The van der Waals surface area contributed by atoms with Crippen LogP contribution in [0.5, 0.6) is 0 Å². The minimum absolute atomic E-state index is 0.0542. The van der Waals surface area contributed by atoms with Gasteiger partial charge in [-0.05, 0) is 99.4 Å². The van der Waals surface area contributed by atoms with Crippen molar-refractivity contribution in [3.8, 4) is 6.07 Å². The van der Waals surface area contributed by atoms with E-state index >= 15 is 0 Å². The lowest BCUT2D eigenvalue weighted by Crippen LogP contribution is -2.45. The predicted molar refractivity (Wildman–Crippen MR) is 182 cm³/mol. The molecule has 1 unspecified atom stereocenters. The van der Waals surface area contributed by atoms with Crippen molar-refractivity contribution in [2.75, 3.05) is 41.3 Å². The average Bonchev–Trinajstić information content (AvgIpc) is 3.68. The third kappa shape index (κ3) is 6.39. The Morgan fingerprint density at radius 2 is 1.56 bits per heavy atom. The first kappa shape index (κ1) is 34.6. The van der Waals surface area contributed by atoms with Crippen molar-refractivity contribution in [2.24, 2.45) is 0 Å². The number of nitrogens with one attached hydrogen (secondary N) is 2. The zero-order valence-corrected chi connectivity index (χ0v) is 29.0. The zero-order valence-electron chi connectivity index (χ0n) is 29.0. The number of benzene rings is 2. The molecule has 1 fully saturated rings. The standard InChI is InChI=1S/C36H46N8O4/c1-22(2)44-35(48)39-34(40-44)36(19-23(3)38-21-31(45)43-16-8-9-28(43)20-37)29-14-12-26(32(46)41(4)5)17-24(29)10-11-25-18-27(13-15-30(25)36)33(47)42(6)7/h12-15,17-18,22-23,28,38H,8-11,16,19,21H2,1-7H3,(H,39,40,48)/t23-,28?/m0/s1. The van der Waals surface area contributed by atoms with Gasteiger partial charge >= 0.3 is 5.69 Å². The summed E-state index contributed by atoms with van der Waals surface area (Å²) in [6, 6.07) is 12.8. The zero-order chi connectivity index (χ0) is 34.9. The number of fused-ring (bicyclic) bond motifs is 2. The molecule has 0 bridgehead atoms. The monoisotopic (exact) mass is 654 g/mol. The molecule has 254 valence electrons. The van der Waals surface area contributed by atoms with Gasteiger partial charge in [0, 0.05) is 51.9 Å². The highest BCUT2D eigenvalue weighted by atomic mass is 16.2. The predicted octanol–water partition coefficient (Wildman–Crippen LogP) is 2.87. The fourth-order valence-corrected chi connectivity index (χ4v) is 7.18. The fourth-order valence-electron chi connectivity index (χ4n) is 7.18. The molecule has 2 aromatic carbocycles. The number of carbonyl (C=O) groups is 3. The number of aromatic nitrogens is 3. The molecule has 0 radical (unpaired) electrons. The fraction of sp³-hybridized carbons (Fsp3) is 0.500. The Morgan fingerprint density at radius 1 is 1.00 bits per heavy atom. The van der Waals surface area contributed by atoms with E-state index in [-0.39, 0.29) is 42.0 Å². The maximum atomic E-state index is 13.4. The van der Waals surface area contributed by atoms with Crippen LogP contribution in [-0.4, -0.2) is 101 Å². The van der Waals surface area contributed by atoms with Crippen molar-refractivity contribution in [2.45, 2.75) is 76.4 Å². The smallest absolute Gasteiger partial charge is 0.343 e. The van der Waals surface area contributed by atoms with Gasteiger partial charge in [-0.3, -0.25) is 19.4 Å². The Morgan fingerprint density at radius 3 is 2.04 bits per heavy atom. The van der Waals surface area contributed by atoms with Crippen molar-refractivity contribution in [1.82, 2.24) is 34.8 Å². The average molecular weight is 655 g/mol.